The molecule has 0 aromatic heterocycles. The fraction of sp³-hybridized carbons (Fsp3) is 0.707. The first kappa shape index (κ1) is 60.6. The quantitative estimate of drug-likeness (QED) is 0.0262. The normalized spacial score (nSPS) is 12.7. The van der Waals surface area contributed by atoms with E-state index in [0.717, 1.165) is 89.9 Å². The second-order valence-electron chi connectivity index (χ2n) is 17.4. The van der Waals surface area contributed by atoms with Gasteiger partial charge in [-0.1, -0.05) is 228 Å². The van der Waals surface area contributed by atoms with Gasteiger partial charge in [0, 0.05) is 19.3 Å². The van der Waals surface area contributed by atoms with Crippen molar-refractivity contribution in [1.29, 1.82) is 0 Å². The van der Waals surface area contributed by atoms with Crippen LogP contribution in [0.5, 0.6) is 0 Å². The van der Waals surface area contributed by atoms with Crippen molar-refractivity contribution in [3.05, 3.63) is 85.1 Å². The Morgan fingerprint density at radius 2 is 0.641 bits per heavy atom. The molecule has 0 saturated heterocycles. The highest BCUT2D eigenvalue weighted by molar-refractivity contribution is 5.71. The van der Waals surface area contributed by atoms with Crippen molar-refractivity contribution in [2.45, 2.75) is 252 Å². The van der Waals surface area contributed by atoms with E-state index in [1.165, 1.54) is 109 Å². The molecule has 0 aliphatic heterocycles. The lowest BCUT2D eigenvalue weighted by Gasteiger charge is -2.18. The fourth-order valence-corrected chi connectivity index (χ4v) is 7.17. The van der Waals surface area contributed by atoms with E-state index in [1.807, 2.05) is 6.08 Å². The number of esters is 3. The Morgan fingerprint density at radius 3 is 1.05 bits per heavy atom. The van der Waals surface area contributed by atoms with Gasteiger partial charge in [0.15, 0.2) is 6.10 Å². The first-order chi connectivity index (χ1) is 31.5. The van der Waals surface area contributed by atoms with Crippen LogP contribution < -0.4 is 0 Å². The third-order valence-electron chi connectivity index (χ3n) is 11.1. The molecule has 64 heavy (non-hydrogen) atoms. The monoisotopic (exact) mass is 891 g/mol. The van der Waals surface area contributed by atoms with Gasteiger partial charge in [-0.3, -0.25) is 14.4 Å². The maximum absolute atomic E-state index is 12.8. The summed E-state index contributed by atoms with van der Waals surface area (Å²) < 4.78 is 16.7. The number of unbranched alkanes of at least 4 members (excludes halogenated alkanes) is 22. The van der Waals surface area contributed by atoms with Gasteiger partial charge in [0.25, 0.3) is 0 Å². The largest absolute Gasteiger partial charge is 0.462 e. The minimum Gasteiger partial charge on any atom is -0.462 e. The third kappa shape index (κ3) is 49.6. The number of carbonyl (C=O) groups excluding carboxylic acids is 3. The Balaban J connectivity index is 4.50. The number of ether oxygens (including phenoxy) is 3. The highest BCUT2D eigenvalue weighted by Gasteiger charge is 2.19. The zero-order valence-electron chi connectivity index (χ0n) is 41.8. The van der Waals surface area contributed by atoms with Gasteiger partial charge >= 0.3 is 17.9 Å². The summed E-state index contributed by atoms with van der Waals surface area (Å²) in [6.45, 7) is 6.45. The van der Waals surface area contributed by atoms with Crippen molar-refractivity contribution in [1.82, 2.24) is 0 Å². The molecular formula is C58H98O6. The summed E-state index contributed by atoms with van der Waals surface area (Å²) in [7, 11) is 0. The summed E-state index contributed by atoms with van der Waals surface area (Å²) in [6.07, 6.45) is 67.2. The number of hydrogen-bond donors (Lipinski definition) is 0. The van der Waals surface area contributed by atoms with Gasteiger partial charge in [-0.15, -0.1) is 0 Å². The molecule has 6 nitrogen and oxygen atoms in total. The fourth-order valence-electron chi connectivity index (χ4n) is 7.17. The molecule has 0 amide bonds. The van der Waals surface area contributed by atoms with Gasteiger partial charge in [-0.05, 0) is 83.5 Å². The lowest BCUT2D eigenvalue weighted by atomic mass is 10.0. The second-order valence-corrected chi connectivity index (χ2v) is 17.4. The predicted molar refractivity (Wildman–Crippen MR) is 274 cm³/mol. The molecule has 0 aromatic carbocycles. The van der Waals surface area contributed by atoms with Crippen LogP contribution >= 0.6 is 0 Å². The van der Waals surface area contributed by atoms with Gasteiger partial charge < -0.3 is 14.2 Å². The lowest BCUT2D eigenvalue weighted by Crippen LogP contribution is -2.30. The molecule has 0 rings (SSSR count). The van der Waals surface area contributed by atoms with Crippen molar-refractivity contribution in [3.63, 3.8) is 0 Å². The molecule has 0 aliphatic carbocycles. The molecule has 0 bridgehead atoms. The van der Waals surface area contributed by atoms with Crippen LogP contribution in [0.25, 0.3) is 0 Å². The molecule has 0 heterocycles. The standard InChI is InChI=1S/C58H98O6/c1-4-7-10-13-16-19-22-25-27-28-29-30-32-33-36-39-42-45-48-51-57(60)63-54-55(53-62-56(59)50-47-44-41-38-35-24-21-18-15-12-9-6-3)64-58(61)52-49-46-43-40-37-34-31-26-23-20-17-14-11-8-5-2/h7,10,16,19,25-27,29-31,33,36,42,45,55H,4-6,8-9,11-15,17-18,20-24,28,32,34-35,37-41,43-44,46-54H2,1-3H3/b10-7-,19-16-,27-25-,30-29-,31-26-,36-33-,45-42-/t55-/m0/s1. The first-order valence-electron chi connectivity index (χ1n) is 26.6. The Labute approximate surface area is 395 Å². The maximum Gasteiger partial charge on any atom is 0.306 e. The molecule has 0 fully saturated rings. The third-order valence-corrected chi connectivity index (χ3v) is 11.1. The van der Waals surface area contributed by atoms with Crippen LogP contribution in [0.1, 0.15) is 245 Å². The topological polar surface area (TPSA) is 78.9 Å². The van der Waals surface area contributed by atoms with Crippen LogP contribution in [-0.4, -0.2) is 37.2 Å². The minimum atomic E-state index is -0.809. The van der Waals surface area contributed by atoms with Gasteiger partial charge in [0.1, 0.15) is 13.2 Å². The molecule has 0 saturated carbocycles. The Morgan fingerprint density at radius 1 is 0.328 bits per heavy atom. The van der Waals surface area contributed by atoms with Crippen LogP contribution in [0.4, 0.5) is 0 Å². The highest BCUT2D eigenvalue weighted by Crippen LogP contribution is 2.14. The Hall–Kier alpha value is -3.41. The number of allylic oxidation sites excluding steroid dienone is 14. The van der Waals surface area contributed by atoms with Gasteiger partial charge in [0.05, 0.1) is 0 Å². The van der Waals surface area contributed by atoms with Crippen LogP contribution in [-0.2, 0) is 28.6 Å². The summed E-state index contributed by atoms with van der Waals surface area (Å²) >= 11 is 0. The van der Waals surface area contributed by atoms with E-state index >= 15 is 0 Å². The van der Waals surface area contributed by atoms with Crippen molar-refractivity contribution in [2.75, 3.05) is 13.2 Å². The molecule has 6 heteroatoms. The van der Waals surface area contributed by atoms with E-state index in [2.05, 4.69) is 99.8 Å². The zero-order valence-corrected chi connectivity index (χ0v) is 41.8. The van der Waals surface area contributed by atoms with E-state index in [-0.39, 0.29) is 37.5 Å². The Kier molecular flexibility index (Phi) is 49.4. The highest BCUT2D eigenvalue weighted by atomic mass is 16.6. The molecule has 0 N–H and O–H groups in total. The van der Waals surface area contributed by atoms with Crippen LogP contribution in [0.2, 0.25) is 0 Å². The van der Waals surface area contributed by atoms with Crippen molar-refractivity contribution in [2.24, 2.45) is 0 Å². The maximum atomic E-state index is 12.8. The van der Waals surface area contributed by atoms with E-state index in [1.54, 1.807) is 0 Å². The molecule has 0 aliphatic rings. The van der Waals surface area contributed by atoms with Crippen LogP contribution in [0.15, 0.2) is 85.1 Å². The van der Waals surface area contributed by atoms with E-state index in [4.69, 9.17) is 14.2 Å². The smallest absolute Gasteiger partial charge is 0.306 e. The summed E-state index contributed by atoms with van der Waals surface area (Å²) in [5, 5.41) is 0. The molecule has 1 atom stereocenters. The lowest BCUT2D eigenvalue weighted by molar-refractivity contribution is -0.166. The molecular weight excluding hydrogens is 793 g/mol. The summed E-state index contributed by atoms with van der Waals surface area (Å²) in [5.41, 5.74) is 0. The van der Waals surface area contributed by atoms with Crippen molar-refractivity contribution < 1.29 is 28.6 Å². The summed E-state index contributed by atoms with van der Waals surface area (Å²) in [5.74, 6) is -0.997. The van der Waals surface area contributed by atoms with Gasteiger partial charge in [-0.25, -0.2) is 0 Å². The Bertz CT molecular complexity index is 1250. The molecule has 0 spiro atoms. The van der Waals surface area contributed by atoms with Crippen LogP contribution in [0, 0.1) is 0 Å². The molecule has 0 radical (unpaired) electrons. The zero-order chi connectivity index (χ0) is 46.5. The average Bonchev–Trinajstić information content (AvgIpc) is 3.29. The van der Waals surface area contributed by atoms with Crippen molar-refractivity contribution in [3.8, 4) is 0 Å². The van der Waals surface area contributed by atoms with Gasteiger partial charge in [-0.2, -0.15) is 0 Å². The van der Waals surface area contributed by atoms with Crippen LogP contribution in [0.3, 0.4) is 0 Å². The summed E-state index contributed by atoms with van der Waals surface area (Å²) in [6, 6.07) is 0. The van der Waals surface area contributed by atoms with E-state index < -0.39 is 6.10 Å². The molecule has 0 unspecified atom stereocenters. The van der Waals surface area contributed by atoms with Crippen molar-refractivity contribution >= 4 is 17.9 Å². The first-order valence-corrected chi connectivity index (χ1v) is 26.6. The molecule has 0 aromatic rings. The summed E-state index contributed by atoms with van der Waals surface area (Å²) in [4.78, 5) is 38.0. The number of carbonyl (C=O) groups is 3. The minimum absolute atomic E-state index is 0.102. The predicted octanol–water partition coefficient (Wildman–Crippen LogP) is 17.6. The van der Waals surface area contributed by atoms with E-state index in [9.17, 15) is 14.4 Å². The van der Waals surface area contributed by atoms with E-state index in [0.29, 0.717) is 19.3 Å². The molecule has 366 valence electrons. The van der Waals surface area contributed by atoms with Gasteiger partial charge in [0.2, 0.25) is 0 Å². The average molecular weight is 891 g/mol. The number of rotatable bonds is 47. The number of hydrogen-bond acceptors (Lipinski definition) is 6. The second kappa shape index (κ2) is 52.2. The SMILES string of the molecule is CC/C=C\C/C=C\C/C=C\C/C=C\C/C=C\C/C=C\CCC(=O)OC[C@H](COC(=O)CCCCCCCCCCCCCC)OC(=O)CCCCCCC/C=C\CCCCCCCC.